The van der Waals surface area contributed by atoms with Gasteiger partial charge in [-0.15, -0.1) is 11.3 Å². The fourth-order valence-corrected chi connectivity index (χ4v) is 4.23. The zero-order valence-electron chi connectivity index (χ0n) is 10.9. The minimum absolute atomic E-state index is 0.454. The molecule has 20 heavy (non-hydrogen) atoms. The molecule has 1 N–H and O–H groups in total. The third-order valence-electron chi connectivity index (χ3n) is 3.10. The van der Waals surface area contributed by atoms with Gasteiger partial charge < -0.3 is 5.32 Å². The quantitative estimate of drug-likeness (QED) is 0.903. The van der Waals surface area contributed by atoms with Crippen LogP contribution in [0.25, 0.3) is 0 Å². The summed E-state index contributed by atoms with van der Waals surface area (Å²) in [5.74, 6) is 0. The van der Waals surface area contributed by atoms with Crippen LogP contribution >= 0.6 is 34.7 Å². The zero-order valence-corrected chi connectivity index (χ0v) is 13.3. The van der Waals surface area contributed by atoms with Crippen molar-refractivity contribution in [3.63, 3.8) is 0 Å². The Labute approximate surface area is 132 Å². The van der Waals surface area contributed by atoms with Crippen LogP contribution in [0.15, 0.2) is 47.5 Å². The Hall–Kier alpha value is -0.970. The first-order valence-corrected chi connectivity index (χ1v) is 8.63. The molecule has 1 unspecified atom stereocenters. The monoisotopic (exact) mass is 322 g/mol. The first-order chi connectivity index (χ1) is 9.81. The van der Waals surface area contributed by atoms with Crippen LogP contribution in [0.1, 0.15) is 15.7 Å². The van der Waals surface area contributed by atoms with Gasteiger partial charge in [0.1, 0.15) is 0 Å². The number of hydrogen-bond acceptors (Lipinski definition) is 4. The number of hydrogen-bond donors (Lipinski definition) is 1. The second kappa shape index (κ2) is 6.66. The van der Waals surface area contributed by atoms with Crippen molar-refractivity contribution in [2.75, 3.05) is 13.1 Å². The molecule has 2 aromatic rings. The second-order valence-corrected chi connectivity index (χ2v) is 7.54. The molecule has 0 amide bonds. The Morgan fingerprint density at radius 3 is 2.80 bits per heavy atom. The summed E-state index contributed by atoms with van der Waals surface area (Å²) >= 11 is 9.39. The molecule has 1 aliphatic rings. The minimum atomic E-state index is 0.454. The summed E-state index contributed by atoms with van der Waals surface area (Å²) in [6.45, 7) is 1.77. The van der Waals surface area contributed by atoms with Crippen LogP contribution in [0.2, 0.25) is 4.34 Å². The molecule has 1 aromatic heterocycles. The fraction of sp³-hybridized carbons (Fsp3) is 0.267. The lowest BCUT2D eigenvalue weighted by Crippen LogP contribution is -2.21. The van der Waals surface area contributed by atoms with Gasteiger partial charge in [-0.2, -0.15) is 0 Å². The predicted octanol–water partition coefficient (Wildman–Crippen LogP) is 4.38. The van der Waals surface area contributed by atoms with E-state index in [2.05, 4.69) is 46.7 Å². The van der Waals surface area contributed by atoms with Crippen molar-refractivity contribution in [1.29, 1.82) is 0 Å². The fourth-order valence-electron chi connectivity index (χ4n) is 2.09. The molecule has 0 fully saturated rings. The van der Waals surface area contributed by atoms with Gasteiger partial charge in [0.25, 0.3) is 0 Å². The first-order valence-electron chi connectivity index (χ1n) is 6.55. The van der Waals surface area contributed by atoms with Crippen LogP contribution in [0.4, 0.5) is 0 Å². The van der Waals surface area contributed by atoms with Gasteiger partial charge in [0.15, 0.2) is 5.17 Å². The average Bonchev–Trinajstić information content (AvgIpc) is 3.09. The van der Waals surface area contributed by atoms with E-state index >= 15 is 0 Å². The van der Waals surface area contributed by atoms with Crippen molar-refractivity contribution in [2.24, 2.45) is 4.99 Å². The molecule has 2 heterocycles. The van der Waals surface area contributed by atoms with E-state index in [1.165, 1.54) is 10.4 Å². The minimum Gasteiger partial charge on any atom is -0.365 e. The first kappa shape index (κ1) is 14.0. The zero-order chi connectivity index (χ0) is 13.8. The van der Waals surface area contributed by atoms with E-state index in [9.17, 15) is 0 Å². The van der Waals surface area contributed by atoms with Crippen LogP contribution in [0, 0.1) is 0 Å². The molecule has 0 spiro atoms. The van der Waals surface area contributed by atoms with Crippen LogP contribution < -0.4 is 5.32 Å². The number of amidine groups is 1. The summed E-state index contributed by atoms with van der Waals surface area (Å²) in [6.07, 6.45) is 0.993. The molecule has 2 nitrogen and oxygen atoms in total. The molecule has 1 aromatic carbocycles. The summed E-state index contributed by atoms with van der Waals surface area (Å²) < 4.78 is 0.858. The molecule has 0 aliphatic carbocycles. The molecular formula is C15H15ClN2S2. The van der Waals surface area contributed by atoms with Gasteiger partial charge in [0.05, 0.1) is 16.1 Å². The predicted molar refractivity (Wildman–Crippen MR) is 90.1 cm³/mol. The maximum atomic E-state index is 5.92. The highest BCUT2D eigenvalue weighted by atomic mass is 35.5. The molecule has 0 saturated heterocycles. The Kier molecular flexibility index (Phi) is 4.65. The van der Waals surface area contributed by atoms with Crippen LogP contribution in [-0.2, 0) is 6.42 Å². The lowest BCUT2D eigenvalue weighted by atomic mass is 10.1. The smallest absolute Gasteiger partial charge is 0.157 e. The molecule has 0 radical (unpaired) electrons. The van der Waals surface area contributed by atoms with Gasteiger partial charge in [-0.25, -0.2) is 0 Å². The van der Waals surface area contributed by atoms with Gasteiger partial charge >= 0.3 is 0 Å². The highest BCUT2D eigenvalue weighted by molar-refractivity contribution is 8.14. The number of halogens is 1. The Balaban J connectivity index is 1.46. The van der Waals surface area contributed by atoms with Crippen molar-refractivity contribution in [3.8, 4) is 0 Å². The lowest BCUT2D eigenvalue weighted by Gasteiger charge is -2.09. The third kappa shape index (κ3) is 3.57. The van der Waals surface area contributed by atoms with E-state index in [0.717, 1.165) is 29.0 Å². The maximum absolute atomic E-state index is 5.92. The lowest BCUT2D eigenvalue weighted by molar-refractivity contribution is 0.879. The molecule has 3 rings (SSSR count). The third-order valence-corrected chi connectivity index (χ3v) is 5.60. The average molecular weight is 323 g/mol. The number of thiophene rings is 1. The van der Waals surface area contributed by atoms with Crippen molar-refractivity contribution < 1.29 is 0 Å². The molecule has 1 atom stereocenters. The molecule has 0 bridgehead atoms. The van der Waals surface area contributed by atoms with Gasteiger partial charge in [-0.3, -0.25) is 4.99 Å². The van der Waals surface area contributed by atoms with Gasteiger partial charge in [-0.1, -0.05) is 53.7 Å². The highest BCUT2D eigenvalue weighted by Crippen LogP contribution is 2.34. The maximum Gasteiger partial charge on any atom is 0.157 e. The van der Waals surface area contributed by atoms with E-state index < -0.39 is 0 Å². The SMILES string of the molecule is Clc1ccc(CCNC2=NCC(c3ccccc3)S2)s1. The summed E-state index contributed by atoms with van der Waals surface area (Å²) in [5, 5.41) is 4.93. The number of thioether (sulfide) groups is 1. The molecule has 5 heteroatoms. The van der Waals surface area contributed by atoms with Crippen molar-refractivity contribution in [1.82, 2.24) is 5.32 Å². The largest absolute Gasteiger partial charge is 0.365 e. The van der Waals surface area contributed by atoms with E-state index in [1.807, 2.05) is 17.8 Å². The highest BCUT2D eigenvalue weighted by Gasteiger charge is 2.20. The summed E-state index contributed by atoms with van der Waals surface area (Å²) in [6, 6.07) is 14.6. The second-order valence-electron chi connectivity index (χ2n) is 4.55. The van der Waals surface area contributed by atoms with Gasteiger partial charge in [0, 0.05) is 11.4 Å². The Morgan fingerprint density at radius 1 is 1.20 bits per heavy atom. The van der Waals surface area contributed by atoms with Crippen molar-refractivity contribution in [3.05, 3.63) is 57.2 Å². The standard InChI is InChI=1S/C15H15ClN2S2/c16-14-7-6-12(19-14)8-9-17-15-18-10-13(20-15)11-4-2-1-3-5-11/h1-7,13H,8-10H2,(H,17,18). The number of nitrogens with one attached hydrogen (secondary N) is 1. The van der Waals surface area contributed by atoms with E-state index in [-0.39, 0.29) is 0 Å². The normalized spacial score (nSPS) is 18.1. The van der Waals surface area contributed by atoms with Crippen LogP contribution in [0.5, 0.6) is 0 Å². The number of rotatable bonds is 4. The van der Waals surface area contributed by atoms with Crippen molar-refractivity contribution in [2.45, 2.75) is 11.7 Å². The molecule has 1 aliphatic heterocycles. The summed E-state index contributed by atoms with van der Waals surface area (Å²) in [5.41, 5.74) is 1.35. The number of benzene rings is 1. The number of nitrogens with zero attached hydrogens (tertiary/aromatic N) is 1. The number of aliphatic imine (C=N–C) groups is 1. The molecule has 0 saturated carbocycles. The topological polar surface area (TPSA) is 24.4 Å². The van der Waals surface area contributed by atoms with Gasteiger partial charge in [-0.05, 0) is 24.1 Å². The van der Waals surface area contributed by atoms with Crippen molar-refractivity contribution >= 4 is 39.9 Å². The van der Waals surface area contributed by atoms with E-state index in [4.69, 9.17) is 11.6 Å². The Morgan fingerprint density at radius 2 is 2.05 bits per heavy atom. The molecule has 104 valence electrons. The summed E-state index contributed by atoms with van der Waals surface area (Å²) in [4.78, 5) is 5.89. The van der Waals surface area contributed by atoms with E-state index in [1.54, 1.807) is 11.3 Å². The Bertz CT molecular complexity index is 595. The molecular weight excluding hydrogens is 308 g/mol. The van der Waals surface area contributed by atoms with Crippen LogP contribution in [-0.4, -0.2) is 18.3 Å². The van der Waals surface area contributed by atoms with E-state index in [0.29, 0.717) is 5.25 Å². The van der Waals surface area contributed by atoms with Gasteiger partial charge in [0.2, 0.25) is 0 Å². The van der Waals surface area contributed by atoms with Crippen LogP contribution in [0.3, 0.4) is 0 Å². The summed E-state index contributed by atoms with van der Waals surface area (Å²) in [7, 11) is 0.